The number of ether oxygens (including phenoxy) is 2. The summed E-state index contributed by atoms with van der Waals surface area (Å²) in [5.41, 5.74) is 2.58. The van der Waals surface area contributed by atoms with Gasteiger partial charge in [-0.25, -0.2) is 9.64 Å². The summed E-state index contributed by atoms with van der Waals surface area (Å²) in [7, 11) is 0. The van der Waals surface area contributed by atoms with Crippen molar-refractivity contribution in [3.63, 3.8) is 0 Å². The Kier molecular flexibility index (Phi) is 7.80. The quantitative estimate of drug-likeness (QED) is 0.204. The number of unbranched alkanes of at least 4 members (excludes halogenated alkanes) is 2. The van der Waals surface area contributed by atoms with Crippen LogP contribution in [0.5, 0.6) is 5.75 Å². The zero-order valence-corrected chi connectivity index (χ0v) is 15.0. The summed E-state index contributed by atoms with van der Waals surface area (Å²) in [6.07, 6.45) is 3.60. The summed E-state index contributed by atoms with van der Waals surface area (Å²) in [6.45, 7) is 10.6. The molecule has 0 aliphatic carbocycles. The minimum absolute atomic E-state index is 0.285. The molecule has 0 fully saturated rings. The molecule has 0 spiro atoms. The van der Waals surface area contributed by atoms with Crippen molar-refractivity contribution in [2.75, 3.05) is 6.61 Å². The number of carbonyl (C=O) groups excluding carboxylic acids is 2. The third-order valence-electron chi connectivity index (χ3n) is 3.85. The van der Waals surface area contributed by atoms with Gasteiger partial charge >= 0.3 is 11.9 Å². The van der Waals surface area contributed by atoms with Crippen LogP contribution in [0.1, 0.15) is 25.7 Å². The van der Waals surface area contributed by atoms with Crippen LogP contribution in [0.2, 0.25) is 0 Å². The van der Waals surface area contributed by atoms with Crippen LogP contribution in [0.4, 0.5) is 5.69 Å². The molecule has 0 amide bonds. The zero-order valence-electron chi connectivity index (χ0n) is 15.0. The van der Waals surface area contributed by atoms with Crippen molar-refractivity contribution in [3.8, 4) is 16.9 Å². The predicted molar refractivity (Wildman–Crippen MR) is 103 cm³/mol. The lowest BCUT2D eigenvalue weighted by Gasteiger charge is -2.06. The number of benzene rings is 2. The van der Waals surface area contributed by atoms with E-state index in [4.69, 9.17) is 16.0 Å². The second-order valence-corrected chi connectivity index (χ2v) is 5.84. The Hall–Kier alpha value is -3.39. The molecule has 0 N–H and O–H groups in total. The fraction of sp³-hybridized carbons (Fsp3) is 0.227. The number of nitrogens with zero attached hydrogens (tertiary/aromatic N) is 1. The van der Waals surface area contributed by atoms with Crippen molar-refractivity contribution >= 4 is 17.6 Å². The zero-order chi connectivity index (χ0) is 19.5. The van der Waals surface area contributed by atoms with E-state index >= 15 is 0 Å². The lowest BCUT2D eigenvalue weighted by Crippen LogP contribution is -2.08. The fourth-order valence-electron chi connectivity index (χ4n) is 2.41. The maximum Gasteiger partial charge on any atom is 0.330 e. The topological polar surface area (TPSA) is 57.0 Å². The highest BCUT2D eigenvalue weighted by molar-refractivity contribution is 5.81. The van der Waals surface area contributed by atoms with Gasteiger partial charge in [0.15, 0.2) is 5.69 Å². The van der Waals surface area contributed by atoms with Crippen LogP contribution in [0, 0.1) is 6.57 Å². The van der Waals surface area contributed by atoms with E-state index in [-0.39, 0.29) is 5.97 Å². The van der Waals surface area contributed by atoms with Crippen LogP contribution in [-0.4, -0.2) is 18.5 Å². The van der Waals surface area contributed by atoms with Crippen LogP contribution in [0.25, 0.3) is 16.0 Å². The highest BCUT2D eigenvalue weighted by atomic mass is 16.5. The number of carbonyl (C=O) groups is 2. The van der Waals surface area contributed by atoms with Gasteiger partial charge in [-0.05, 0) is 42.5 Å². The maximum absolute atomic E-state index is 11.9. The average molecular weight is 363 g/mol. The van der Waals surface area contributed by atoms with Gasteiger partial charge in [0.25, 0.3) is 0 Å². The van der Waals surface area contributed by atoms with E-state index in [1.807, 2.05) is 24.3 Å². The Balaban J connectivity index is 1.73. The molecule has 0 unspecified atom stereocenters. The van der Waals surface area contributed by atoms with Crippen molar-refractivity contribution in [3.05, 3.63) is 72.6 Å². The summed E-state index contributed by atoms with van der Waals surface area (Å²) >= 11 is 0. The fourth-order valence-corrected chi connectivity index (χ4v) is 2.41. The molecule has 0 atom stereocenters. The first-order valence-corrected chi connectivity index (χ1v) is 8.70. The molecule has 5 heteroatoms. The predicted octanol–water partition coefficient (Wildman–Crippen LogP) is 5.10. The van der Waals surface area contributed by atoms with Crippen LogP contribution in [-0.2, 0) is 14.3 Å². The Labute approximate surface area is 159 Å². The molecule has 0 aliphatic heterocycles. The summed E-state index contributed by atoms with van der Waals surface area (Å²) in [5.74, 6) is -0.214. The Morgan fingerprint density at radius 1 is 0.963 bits per heavy atom. The molecule has 138 valence electrons. The molecule has 0 heterocycles. The lowest BCUT2D eigenvalue weighted by atomic mass is 10.1. The van der Waals surface area contributed by atoms with Gasteiger partial charge in [0.05, 0.1) is 13.2 Å². The normalized spacial score (nSPS) is 9.89. The molecule has 0 aliphatic rings. The van der Waals surface area contributed by atoms with Gasteiger partial charge in [0.1, 0.15) is 5.75 Å². The highest BCUT2D eigenvalue weighted by Crippen LogP contribution is 2.25. The highest BCUT2D eigenvalue weighted by Gasteiger charge is 2.06. The molecule has 2 aromatic carbocycles. The van der Waals surface area contributed by atoms with Gasteiger partial charge in [-0.15, -0.1) is 0 Å². The van der Waals surface area contributed by atoms with E-state index in [1.54, 1.807) is 24.3 Å². The second-order valence-electron chi connectivity index (χ2n) is 5.84. The monoisotopic (exact) mass is 363 g/mol. The van der Waals surface area contributed by atoms with Crippen LogP contribution < -0.4 is 4.74 Å². The average Bonchev–Trinajstić information content (AvgIpc) is 2.71. The summed E-state index contributed by atoms with van der Waals surface area (Å²) < 4.78 is 10.2. The second kappa shape index (κ2) is 10.6. The van der Waals surface area contributed by atoms with Crippen LogP contribution >= 0.6 is 0 Å². The maximum atomic E-state index is 11.9. The molecule has 0 radical (unpaired) electrons. The minimum Gasteiger partial charge on any atom is -0.463 e. The first-order chi connectivity index (χ1) is 13.1. The first-order valence-electron chi connectivity index (χ1n) is 8.70. The number of rotatable bonds is 9. The van der Waals surface area contributed by atoms with Gasteiger partial charge in [-0.1, -0.05) is 43.0 Å². The van der Waals surface area contributed by atoms with Gasteiger partial charge in [-0.3, -0.25) is 4.79 Å². The van der Waals surface area contributed by atoms with Gasteiger partial charge in [-0.2, -0.15) is 0 Å². The number of hydrogen-bond donors (Lipinski definition) is 0. The molecule has 0 aromatic heterocycles. The first kappa shape index (κ1) is 19.9. The van der Waals surface area contributed by atoms with E-state index in [2.05, 4.69) is 11.4 Å². The molecule has 27 heavy (non-hydrogen) atoms. The van der Waals surface area contributed by atoms with Crippen molar-refractivity contribution < 1.29 is 19.1 Å². The number of hydrogen-bond acceptors (Lipinski definition) is 4. The minimum atomic E-state index is -0.430. The lowest BCUT2D eigenvalue weighted by molar-refractivity contribution is -0.138. The van der Waals surface area contributed by atoms with E-state index < -0.39 is 5.97 Å². The van der Waals surface area contributed by atoms with Crippen molar-refractivity contribution in [2.45, 2.75) is 25.7 Å². The van der Waals surface area contributed by atoms with Gasteiger partial charge in [0, 0.05) is 12.5 Å². The van der Waals surface area contributed by atoms with Crippen molar-refractivity contribution in [1.82, 2.24) is 0 Å². The molecule has 0 saturated heterocycles. The standard InChI is InChI=1S/C22H21NO4/c1-3-21(24)26-16-6-4-5-7-22(25)27-20-14-10-18(11-15-20)17-8-12-19(23-2)13-9-17/h3,8-15H,1,4-7,16H2. The Morgan fingerprint density at radius 2 is 1.59 bits per heavy atom. The largest absolute Gasteiger partial charge is 0.463 e. The van der Waals surface area contributed by atoms with Crippen LogP contribution in [0.15, 0.2) is 61.2 Å². The molecular formula is C22H21NO4. The molecule has 2 aromatic rings. The SMILES string of the molecule is [C-]#[N+]c1ccc(-c2ccc(OC(=O)CCCCCOC(=O)C=C)cc2)cc1. The van der Waals surface area contributed by atoms with Gasteiger partial charge < -0.3 is 9.47 Å². The molecular weight excluding hydrogens is 342 g/mol. The number of esters is 2. The third-order valence-corrected chi connectivity index (χ3v) is 3.85. The molecule has 0 saturated carbocycles. The van der Waals surface area contributed by atoms with E-state index in [9.17, 15) is 9.59 Å². The van der Waals surface area contributed by atoms with E-state index in [1.165, 1.54) is 0 Å². The summed E-state index contributed by atoms with van der Waals surface area (Å²) in [5, 5.41) is 0. The van der Waals surface area contributed by atoms with E-state index in [0.29, 0.717) is 37.3 Å². The molecule has 0 bridgehead atoms. The van der Waals surface area contributed by atoms with Crippen LogP contribution in [0.3, 0.4) is 0 Å². The summed E-state index contributed by atoms with van der Waals surface area (Å²) in [4.78, 5) is 26.1. The van der Waals surface area contributed by atoms with Crippen molar-refractivity contribution in [1.29, 1.82) is 0 Å². The third kappa shape index (κ3) is 6.79. The smallest absolute Gasteiger partial charge is 0.330 e. The summed E-state index contributed by atoms with van der Waals surface area (Å²) in [6, 6.07) is 14.6. The van der Waals surface area contributed by atoms with Crippen molar-refractivity contribution in [2.24, 2.45) is 0 Å². The Bertz CT molecular complexity index is 817. The molecule has 2 rings (SSSR count). The Morgan fingerprint density at radius 3 is 2.19 bits per heavy atom. The van der Waals surface area contributed by atoms with Gasteiger partial charge in [0.2, 0.25) is 0 Å². The molecule has 5 nitrogen and oxygen atoms in total. The van der Waals surface area contributed by atoms with E-state index in [0.717, 1.165) is 23.6 Å².